The van der Waals surface area contributed by atoms with Crippen LogP contribution >= 0.6 is 27.7 Å². The van der Waals surface area contributed by atoms with Crippen molar-refractivity contribution in [2.75, 3.05) is 7.11 Å². The van der Waals surface area contributed by atoms with Crippen LogP contribution in [0.15, 0.2) is 26.7 Å². The molecule has 2 rings (SSSR count). The number of thioether (sulfide) groups is 1. The summed E-state index contributed by atoms with van der Waals surface area (Å²) in [6.45, 7) is 2.02. The molecule has 2 aromatic rings. The molecule has 24 heavy (non-hydrogen) atoms. The maximum atomic E-state index is 11.8. The van der Waals surface area contributed by atoms with E-state index in [1.165, 1.54) is 25.3 Å². The van der Waals surface area contributed by atoms with Crippen molar-refractivity contribution in [3.63, 3.8) is 0 Å². The number of H-pyrrole nitrogens is 1. The molecular weight excluding hydrogens is 398 g/mol. The molecule has 1 aromatic heterocycles. The molecule has 0 bridgehead atoms. The Kier molecular flexibility index (Phi) is 6.27. The molecule has 0 saturated carbocycles. The van der Waals surface area contributed by atoms with Gasteiger partial charge in [-0.3, -0.25) is 5.10 Å². The molecule has 0 fully saturated rings. The number of halogens is 1. The molecule has 0 aliphatic rings. The van der Waals surface area contributed by atoms with Gasteiger partial charge in [-0.2, -0.15) is 0 Å². The van der Waals surface area contributed by atoms with E-state index in [9.17, 15) is 15.0 Å². The van der Waals surface area contributed by atoms with Gasteiger partial charge in [-0.1, -0.05) is 28.6 Å². The highest BCUT2D eigenvalue weighted by Gasteiger charge is 2.14. The lowest BCUT2D eigenvalue weighted by atomic mass is 10.2. The van der Waals surface area contributed by atoms with Crippen LogP contribution in [0.1, 0.15) is 24.7 Å². The van der Waals surface area contributed by atoms with Crippen molar-refractivity contribution < 1.29 is 19.7 Å². The van der Waals surface area contributed by atoms with Gasteiger partial charge in [-0.25, -0.2) is 9.78 Å². The number of carboxylic acids is 1. The first-order chi connectivity index (χ1) is 11.4. The number of aromatic nitrogens is 3. The summed E-state index contributed by atoms with van der Waals surface area (Å²) < 4.78 is 5.30. The molecule has 0 atom stereocenters. The Balaban J connectivity index is 2.31. The number of aromatic amines is 1. The number of carboxylic acid groups (broad SMARTS) is 1. The first-order valence-corrected chi connectivity index (χ1v) is 8.64. The van der Waals surface area contributed by atoms with E-state index >= 15 is 0 Å². The second-order valence-corrected chi connectivity index (χ2v) is 6.63. The van der Waals surface area contributed by atoms with Crippen LogP contribution < -0.4 is 9.84 Å². The van der Waals surface area contributed by atoms with Gasteiger partial charge in [-0.05, 0) is 42.0 Å². The van der Waals surface area contributed by atoms with E-state index in [0.717, 1.165) is 24.6 Å². The van der Waals surface area contributed by atoms with Gasteiger partial charge in [0.05, 0.1) is 7.11 Å². The number of nitrogens with one attached hydrogen (secondary N) is 1. The van der Waals surface area contributed by atoms with Gasteiger partial charge in [-0.15, -0.1) is 5.10 Å². The standard InChI is InChI=1S/C15H16BrN3O4S/c1-3-4-12-17-15(19-18-12)24-11(14(21)22)7-8-5-9(16)13(20)10(6-8)23-2/h5-7,20H,3-4H2,1-2H3,(H,21,22)(H,17,18,19)/p-1/b11-7-. The van der Waals surface area contributed by atoms with Crippen molar-refractivity contribution in [2.24, 2.45) is 0 Å². The quantitative estimate of drug-likeness (QED) is 0.530. The van der Waals surface area contributed by atoms with Crippen molar-refractivity contribution in [1.29, 1.82) is 0 Å². The molecule has 128 valence electrons. The number of methoxy groups -OCH3 is 1. The largest absolute Gasteiger partial charge is 0.869 e. The predicted octanol–water partition coefficient (Wildman–Crippen LogP) is 2.82. The number of benzene rings is 1. The molecule has 0 spiro atoms. The van der Waals surface area contributed by atoms with Crippen molar-refractivity contribution in [1.82, 2.24) is 15.2 Å². The lowest BCUT2D eigenvalue weighted by Crippen LogP contribution is -1.99. The van der Waals surface area contributed by atoms with Crippen LogP contribution in [0, 0.1) is 0 Å². The fourth-order valence-corrected chi connectivity index (χ4v) is 3.07. The second kappa shape index (κ2) is 8.20. The molecule has 0 unspecified atom stereocenters. The Morgan fingerprint density at radius 2 is 2.29 bits per heavy atom. The molecule has 0 amide bonds. The first-order valence-electron chi connectivity index (χ1n) is 7.03. The van der Waals surface area contributed by atoms with Crippen LogP contribution in [-0.2, 0) is 11.2 Å². The average molecular weight is 413 g/mol. The van der Waals surface area contributed by atoms with Crippen LogP contribution in [0.5, 0.6) is 11.5 Å². The highest BCUT2D eigenvalue weighted by Crippen LogP contribution is 2.34. The van der Waals surface area contributed by atoms with Gasteiger partial charge in [0.25, 0.3) is 0 Å². The van der Waals surface area contributed by atoms with Crippen LogP contribution in [-0.4, -0.2) is 33.4 Å². The Labute approximate surface area is 151 Å². The maximum Gasteiger partial charge on any atom is 0.342 e. The highest BCUT2D eigenvalue weighted by atomic mass is 79.9. The van der Waals surface area contributed by atoms with Gasteiger partial charge in [0.15, 0.2) is 0 Å². The van der Waals surface area contributed by atoms with Crippen LogP contribution in [0.4, 0.5) is 0 Å². The Morgan fingerprint density at radius 3 is 2.92 bits per heavy atom. The van der Waals surface area contributed by atoms with Gasteiger partial charge in [0.1, 0.15) is 16.5 Å². The number of ether oxygens (including phenoxy) is 1. The minimum absolute atomic E-state index is 0.0321. The van der Waals surface area contributed by atoms with E-state index in [-0.39, 0.29) is 16.4 Å². The third-order valence-electron chi connectivity index (χ3n) is 2.96. The summed E-state index contributed by atoms with van der Waals surface area (Å²) in [4.78, 5) is 15.8. The van der Waals surface area contributed by atoms with E-state index in [0.29, 0.717) is 21.0 Å². The Hall–Kier alpha value is -2.00. The van der Waals surface area contributed by atoms with Crippen molar-refractivity contribution in [3.05, 3.63) is 32.9 Å². The number of hydrogen-bond acceptors (Lipinski definition) is 6. The molecule has 1 heterocycles. The van der Waals surface area contributed by atoms with E-state index in [1.807, 2.05) is 6.92 Å². The fraction of sp³-hybridized carbons (Fsp3) is 0.267. The lowest BCUT2D eigenvalue weighted by Gasteiger charge is -2.15. The molecule has 1 aromatic carbocycles. The van der Waals surface area contributed by atoms with E-state index in [2.05, 4.69) is 31.1 Å². The summed E-state index contributed by atoms with van der Waals surface area (Å²) in [6.07, 6.45) is 3.10. The van der Waals surface area contributed by atoms with Crippen molar-refractivity contribution >= 4 is 39.7 Å². The smallest absolute Gasteiger partial charge is 0.342 e. The van der Waals surface area contributed by atoms with Crippen LogP contribution in [0.2, 0.25) is 0 Å². The van der Waals surface area contributed by atoms with Gasteiger partial charge >= 0.3 is 5.97 Å². The number of carbonyl (C=O) groups is 1. The highest BCUT2D eigenvalue weighted by molar-refractivity contribution is 9.10. The third kappa shape index (κ3) is 4.51. The molecule has 7 nitrogen and oxygen atoms in total. The topological polar surface area (TPSA) is 111 Å². The van der Waals surface area contributed by atoms with Crippen molar-refractivity contribution in [3.8, 4) is 11.5 Å². The zero-order valence-electron chi connectivity index (χ0n) is 13.0. The monoisotopic (exact) mass is 412 g/mol. The van der Waals surface area contributed by atoms with Gasteiger partial charge in [0, 0.05) is 10.9 Å². The molecule has 0 saturated heterocycles. The van der Waals surface area contributed by atoms with E-state index in [4.69, 9.17) is 4.74 Å². The molecule has 0 aliphatic heterocycles. The number of aryl methyl sites for hydroxylation is 1. The lowest BCUT2D eigenvalue weighted by molar-refractivity contribution is -0.271. The molecule has 0 radical (unpaired) electrons. The summed E-state index contributed by atoms with van der Waals surface area (Å²) in [5.74, 6) is -0.557. The summed E-state index contributed by atoms with van der Waals surface area (Å²) >= 11 is 4.08. The fourth-order valence-electron chi connectivity index (χ4n) is 1.88. The first kappa shape index (κ1) is 18.3. The molecule has 2 N–H and O–H groups in total. The van der Waals surface area contributed by atoms with E-state index < -0.39 is 5.97 Å². The summed E-state index contributed by atoms with van der Waals surface area (Å²) in [6, 6.07) is 3.02. The minimum Gasteiger partial charge on any atom is -0.869 e. The normalized spacial score (nSPS) is 11.5. The maximum absolute atomic E-state index is 11.8. The van der Waals surface area contributed by atoms with Crippen molar-refractivity contribution in [2.45, 2.75) is 24.9 Å². The van der Waals surface area contributed by atoms with E-state index in [1.54, 1.807) is 0 Å². The number of aliphatic carboxylic acids is 1. The number of hydrogen-bond donors (Lipinski definition) is 2. The summed E-state index contributed by atoms with van der Waals surface area (Å²) in [5.41, 5.74) is 0.521. The Bertz CT molecular complexity index is 776. The average Bonchev–Trinajstić information content (AvgIpc) is 2.97. The SMILES string of the molecule is CCCc1nc(S/C(=C\c2cc(Br)c([O-])c(OC)c2)C(=O)O)n[nH]1. The summed E-state index contributed by atoms with van der Waals surface area (Å²) in [7, 11) is 1.38. The third-order valence-corrected chi connectivity index (χ3v) is 4.43. The Morgan fingerprint density at radius 1 is 1.54 bits per heavy atom. The predicted molar refractivity (Wildman–Crippen MR) is 92.0 cm³/mol. The molecule has 9 heteroatoms. The second-order valence-electron chi connectivity index (χ2n) is 4.76. The zero-order chi connectivity index (χ0) is 17.7. The van der Waals surface area contributed by atoms with Crippen LogP contribution in [0.3, 0.4) is 0 Å². The molecular formula is C15H15BrN3O4S-. The molecule has 0 aliphatic carbocycles. The van der Waals surface area contributed by atoms with Crippen LogP contribution in [0.25, 0.3) is 6.08 Å². The number of nitrogens with zero attached hydrogens (tertiary/aromatic N) is 2. The minimum atomic E-state index is -1.11. The van der Waals surface area contributed by atoms with Gasteiger partial charge < -0.3 is 14.9 Å². The number of rotatable bonds is 7. The summed E-state index contributed by atoms with van der Waals surface area (Å²) in [5, 5.41) is 28.3. The van der Waals surface area contributed by atoms with Gasteiger partial charge in [0.2, 0.25) is 5.16 Å². The zero-order valence-corrected chi connectivity index (χ0v) is 15.4.